The fraction of sp³-hybridized carbons (Fsp3) is 0.222. The predicted octanol–water partition coefficient (Wildman–Crippen LogP) is -0.604. The van der Waals surface area contributed by atoms with Crippen LogP contribution in [0.5, 0.6) is 0 Å². The van der Waals surface area contributed by atoms with Crippen LogP contribution in [-0.4, -0.2) is 39.7 Å². The van der Waals surface area contributed by atoms with E-state index in [0.29, 0.717) is 0 Å². The van der Waals surface area contributed by atoms with Gasteiger partial charge in [0.15, 0.2) is 6.10 Å². The number of hydrogen-bond donors (Lipinski definition) is 3. The highest BCUT2D eigenvalue weighted by Crippen LogP contribution is 1.99. The van der Waals surface area contributed by atoms with Crippen molar-refractivity contribution in [1.29, 1.82) is 0 Å². The molecule has 6 nitrogen and oxygen atoms in total. The van der Waals surface area contributed by atoms with Gasteiger partial charge in [-0.05, 0) is 6.07 Å². The molecule has 86 valence electrons. The van der Waals surface area contributed by atoms with Crippen molar-refractivity contribution in [2.45, 2.75) is 6.10 Å². The molecule has 1 aromatic heterocycles. The molecule has 0 aliphatic heterocycles. The SMILES string of the molecule is O=C(NCC(O)C(=O)O)c1ccnc(F)c1. The Hall–Kier alpha value is -2.02. The van der Waals surface area contributed by atoms with E-state index >= 15 is 0 Å². The molecular formula is C9H9FN2O4. The summed E-state index contributed by atoms with van der Waals surface area (Å²) in [5.41, 5.74) is 0.00471. The van der Waals surface area contributed by atoms with Crippen molar-refractivity contribution < 1.29 is 24.2 Å². The molecule has 0 saturated carbocycles. The third-order valence-electron chi connectivity index (χ3n) is 1.73. The highest BCUT2D eigenvalue weighted by atomic mass is 19.1. The minimum absolute atomic E-state index is 0.00471. The second-order valence-corrected chi connectivity index (χ2v) is 2.93. The van der Waals surface area contributed by atoms with Crippen LogP contribution in [0, 0.1) is 5.95 Å². The van der Waals surface area contributed by atoms with E-state index in [9.17, 15) is 14.0 Å². The number of nitrogens with one attached hydrogen (secondary N) is 1. The van der Waals surface area contributed by atoms with Gasteiger partial charge in [0.1, 0.15) is 0 Å². The molecule has 0 bridgehead atoms. The van der Waals surface area contributed by atoms with E-state index in [1.54, 1.807) is 0 Å². The van der Waals surface area contributed by atoms with E-state index in [0.717, 1.165) is 12.3 Å². The predicted molar refractivity (Wildman–Crippen MR) is 50.2 cm³/mol. The first kappa shape index (κ1) is 12.1. The summed E-state index contributed by atoms with van der Waals surface area (Å²) in [5.74, 6) is -2.94. The fourth-order valence-electron chi connectivity index (χ4n) is 0.922. The number of rotatable bonds is 4. The van der Waals surface area contributed by atoms with Gasteiger partial charge in [-0.3, -0.25) is 4.79 Å². The van der Waals surface area contributed by atoms with Gasteiger partial charge < -0.3 is 15.5 Å². The topological polar surface area (TPSA) is 99.5 Å². The van der Waals surface area contributed by atoms with Gasteiger partial charge in [0.05, 0.1) is 6.54 Å². The number of carbonyl (C=O) groups excluding carboxylic acids is 1. The molecule has 0 fully saturated rings. The van der Waals surface area contributed by atoms with Crippen LogP contribution in [0.3, 0.4) is 0 Å². The molecule has 0 saturated heterocycles. The minimum atomic E-state index is -1.68. The van der Waals surface area contributed by atoms with Crippen molar-refractivity contribution in [2.24, 2.45) is 0 Å². The number of aliphatic carboxylic acids is 1. The zero-order valence-electron chi connectivity index (χ0n) is 8.05. The first-order valence-electron chi connectivity index (χ1n) is 4.31. The molecule has 0 spiro atoms. The maximum absolute atomic E-state index is 12.6. The van der Waals surface area contributed by atoms with Gasteiger partial charge in [-0.15, -0.1) is 0 Å². The summed E-state index contributed by atoms with van der Waals surface area (Å²) in [5, 5.41) is 19.4. The Kier molecular flexibility index (Phi) is 3.90. The van der Waals surface area contributed by atoms with E-state index in [2.05, 4.69) is 10.3 Å². The highest BCUT2D eigenvalue weighted by Gasteiger charge is 2.15. The van der Waals surface area contributed by atoms with Crippen LogP contribution in [-0.2, 0) is 4.79 Å². The number of pyridine rings is 1. The van der Waals surface area contributed by atoms with Gasteiger partial charge in [-0.1, -0.05) is 0 Å². The molecule has 16 heavy (non-hydrogen) atoms. The summed E-state index contributed by atoms with van der Waals surface area (Å²) < 4.78 is 12.6. The number of aromatic nitrogens is 1. The molecule has 0 aliphatic carbocycles. The molecule has 1 heterocycles. The largest absolute Gasteiger partial charge is 0.479 e. The van der Waals surface area contributed by atoms with Crippen LogP contribution in [0.4, 0.5) is 4.39 Å². The van der Waals surface area contributed by atoms with Crippen LogP contribution < -0.4 is 5.32 Å². The van der Waals surface area contributed by atoms with Gasteiger partial charge >= 0.3 is 5.97 Å². The maximum Gasteiger partial charge on any atom is 0.334 e. The molecule has 0 aromatic carbocycles. The van der Waals surface area contributed by atoms with Crippen molar-refractivity contribution in [1.82, 2.24) is 10.3 Å². The van der Waals surface area contributed by atoms with Crippen LogP contribution >= 0.6 is 0 Å². The Morgan fingerprint density at radius 1 is 1.56 bits per heavy atom. The Morgan fingerprint density at radius 3 is 2.81 bits per heavy atom. The average molecular weight is 228 g/mol. The number of amides is 1. The van der Waals surface area contributed by atoms with Gasteiger partial charge in [-0.25, -0.2) is 9.78 Å². The average Bonchev–Trinajstić information content (AvgIpc) is 2.25. The molecule has 3 N–H and O–H groups in total. The van der Waals surface area contributed by atoms with Gasteiger partial charge in [0, 0.05) is 17.8 Å². The standard InChI is InChI=1S/C9H9FN2O4/c10-7-3-5(1-2-11-7)8(14)12-4-6(13)9(15)16/h1-3,6,13H,4H2,(H,12,14)(H,15,16). The summed E-state index contributed by atoms with van der Waals surface area (Å²) in [6, 6.07) is 2.17. The number of halogens is 1. The van der Waals surface area contributed by atoms with Crippen molar-refractivity contribution in [2.75, 3.05) is 6.54 Å². The van der Waals surface area contributed by atoms with Crippen LogP contribution in [0.15, 0.2) is 18.3 Å². The molecule has 1 atom stereocenters. The number of aliphatic hydroxyl groups is 1. The third-order valence-corrected chi connectivity index (χ3v) is 1.73. The molecule has 1 unspecified atom stereocenters. The number of nitrogens with zero attached hydrogens (tertiary/aromatic N) is 1. The number of carboxylic acids is 1. The lowest BCUT2D eigenvalue weighted by Crippen LogP contribution is -2.36. The molecule has 1 rings (SSSR count). The second-order valence-electron chi connectivity index (χ2n) is 2.93. The second kappa shape index (κ2) is 5.17. The van der Waals surface area contributed by atoms with Crippen LogP contribution in [0.25, 0.3) is 0 Å². The van der Waals surface area contributed by atoms with E-state index in [1.807, 2.05) is 0 Å². The Labute approximate surface area is 89.7 Å². The quantitative estimate of drug-likeness (QED) is 0.597. The lowest BCUT2D eigenvalue weighted by atomic mass is 10.2. The van der Waals surface area contributed by atoms with Crippen molar-refractivity contribution in [3.05, 3.63) is 29.8 Å². The van der Waals surface area contributed by atoms with E-state index < -0.39 is 30.5 Å². The van der Waals surface area contributed by atoms with Crippen molar-refractivity contribution >= 4 is 11.9 Å². The summed E-state index contributed by atoms with van der Waals surface area (Å²) in [6.07, 6.45) is -0.576. The number of carboxylic acid groups (broad SMARTS) is 1. The van der Waals surface area contributed by atoms with Crippen LogP contribution in [0.1, 0.15) is 10.4 Å². The van der Waals surface area contributed by atoms with Gasteiger partial charge in [-0.2, -0.15) is 4.39 Å². The molecule has 1 amide bonds. The first-order valence-corrected chi connectivity index (χ1v) is 4.31. The normalized spacial score (nSPS) is 11.9. The minimum Gasteiger partial charge on any atom is -0.479 e. The molecule has 0 aliphatic rings. The summed E-state index contributed by atoms with van der Waals surface area (Å²) in [7, 11) is 0. The number of carbonyl (C=O) groups is 2. The van der Waals surface area contributed by atoms with Crippen molar-refractivity contribution in [3.8, 4) is 0 Å². The van der Waals surface area contributed by atoms with E-state index in [-0.39, 0.29) is 5.56 Å². The van der Waals surface area contributed by atoms with Crippen LogP contribution in [0.2, 0.25) is 0 Å². The monoisotopic (exact) mass is 228 g/mol. The molecular weight excluding hydrogens is 219 g/mol. The lowest BCUT2D eigenvalue weighted by Gasteiger charge is -2.07. The van der Waals surface area contributed by atoms with Gasteiger partial charge in [0.25, 0.3) is 5.91 Å². The fourth-order valence-corrected chi connectivity index (χ4v) is 0.922. The first-order chi connectivity index (χ1) is 7.50. The summed E-state index contributed by atoms with van der Waals surface area (Å²) >= 11 is 0. The third kappa shape index (κ3) is 3.28. The Morgan fingerprint density at radius 2 is 2.25 bits per heavy atom. The maximum atomic E-state index is 12.6. The smallest absolute Gasteiger partial charge is 0.334 e. The van der Waals surface area contributed by atoms with E-state index in [4.69, 9.17) is 10.2 Å². The van der Waals surface area contributed by atoms with Crippen molar-refractivity contribution in [3.63, 3.8) is 0 Å². The lowest BCUT2D eigenvalue weighted by molar-refractivity contribution is -0.146. The Balaban J connectivity index is 2.56. The Bertz CT molecular complexity index is 410. The highest BCUT2D eigenvalue weighted by molar-refractivity contribution is 5.94. The number of hydrogen-bond acceptors (Lipinski definition) is 4. The number of aliphatic hydroxyl groups excluding tert-OH is 1. The zero-order valence-corrected chi connectivity index (χ0v) is 8.05. The van der Waals surface area contributed by atoms with Gasteiger partial charge in [0.2, 0.25) is 5.95 Å². The zero-order chi connectivity index (χ0) is 12.1. The molecule has 7 heteroatoms. The molecule has 1 aromatic rings. The summed E-state index contributed by atoms with van der Waals surface area (Å²) in [6.45, 7) is -0.446. The molecule has 0 radical (unpaired) electrons. The summed E-state index contributed by atoms with van der Waals surface area (Å²) in [4.78, 5) is 24.8. The van der Waals surface area contributed by atoms with E-state index in [1.165, 1.54) is 6.07 Å².